The van der Waals surface area contributed by atoms with Gasteiger partial charge in [-0.2, -0.15) is 0 Å². The van der Waals surface area contributed by atoms with E-state index in [2.05, 4.69) is 123 Å². The lowest BCUT2D eigenvalue weighted by Crippen LogP contribution is -2.37. The summed E-state index contributed by atoms with van der Waals surface area (Å²) >= 11 is 0. The number of likely N-dealkylation sites (N-methyl/N-ethyl adjacent to an activating group) is 1. The number of unbranched alkanes of at least 4 members (excludes halogenated alkanes) is 27. The van der Waals surface area contributed by atoms with E-state index in [1.807, 2.05) is 21.1 Å². The zero-order valence-electron chi connectivity index (χ0n) is 52.2. The van der Waals surface area contributed by atoms with Crippen LogP contribution in [0, 0.1) is 0 Å². The minimum absolute atomic E-state index is 0.0360. The fourth-order valence-corrected chi connectivity index (χ4v) is 9.51. The van der Waals surface area contributed by atoms with Crippen LogP contribution in [0.25, 0.3) is 0 Å². The van der Waals surface area contributed by atoms with Crippen LogP contribution in [-0.2, 0) is 32.7 Å². The maximum atomic E-state index is 12.8. The number of nitrogens with zero attached hydrogens (tertiary/aromatic N) is 1. The van der Waals surface area contributed by atoms with Crippen LogP contribution < -0.4 is 4.89 Å². The van der Waals surface area contributed by atoms with Gasteiger partial charge in [0.15, 0.2) is 6.10 Å². The standard InChI is InChI=1S/C70H122NO8P/c1-6-8-10-12-14-16-18-20-22-24-26-28-30-31-32-33-34-35-36-37-38-39-41-43-45-47-49-51-53-55-57-59-61-63-70(73)79-68(67-78-80(74,75)77-65-64-71(3,4)5)66-76-69(72)62-60-58-56-54-52-50-48-46-44-42-40-29-27-25-23-21-19-17-15-13-11-9-7-2/h8,10,14,16,19-22,25-28,31-32,34-35,37-38,68H,6-7,9,11-13,15,17-18,23-24,29-30,33,36,39-67H2,1-5H3/b10-8-,16-14-,21-19-,22-20-,27-25-,28-26-,32-31-,35-34-,38-37-. The van der Waals surface area contributed by atoms with Crippen LogP contribution in [0.15, 0.2) is 109 Å². The number of carbonyl (C=O) groups is 2. The van der Waals surface area contributed by atoms with E-state index in [1.165, 1.54) is 141 Å². The molecule has 0 N–H and O–H groups in total. The zero-order chi connectivity index (χ0) is 58.4. The van der Waals surface area contributed by atoms with E-state index >= 15 is 0 Å². The summed E-state index contributed by atoms with van der Waals surface area (Å²) < 4.78 is 34.3. The third-order valence-corrected chi connectivity index (χ3v) is 14.7. The van der Waals surface area contributed by atoms with Crippen molar-refractivity contribution in [1.82, 2.24) is 0 Å². The molecule has 0 saturated heterocycles. The third kappa shape index (κ3) is 63.8. The van der Waals surface area contributed by atoms with Gasteiger partial charge in [-0.15, -0.1) is 0 Å². The molecular weight excluding hydrogens is 1010 g/mol. The number of phosphoric ester groups is 1. The lowest BCUT2D eigenvalue weighted by Gasteiger charge is -2.28. The number of ether oxygens (including phenoxy) is 2. The number of allylic oxidation sites excluding steroid dienone is 18. The molecule has 9 nitrogen and oxygen atoms in total. The Bertz CT molecular complexity index is 1720. The van der Waals surface area contributed by atoms with Gasteiger partial charge in [0, 0.05) is 12.8 Å². The number of quaternary nitrogens is 1. The zero-order valence-corrected chi connectivity index (χ0v) is 53.1. The molecule has 460 valence electrons. The topological polar surface area (TPSA) is 111 Å². The van der Waals surface area contributed by atoms with Crippen molar-refractivity contribution in [3.05, 3.63) is 109 Å². The predicted octanol–water partition coefficient (Wildman–Crippen LogP) is 20.3. The summed E-state index contributed by atoms with van der Waals surface area (Å²) in [5, 5.41) is 0. The Morgan fingerprint density at radius 1 is 0.400 bits per heavy atom. The van der Waals surface area contributed by atoms with E-state index in [9.17, 15) is 19.0 Å². The second-order valence-corrected chi connectivity index (χ2v) is 24.2. The van der Waals surface area contributed by atoms with Gasteiger partial charge in [0.2, 0.25) is 0 Å². The first-order valence-corrected chi connectivity index (χ1v) is 34.1. The molecule has 0 aromatic rings. The highest BCUT2D eigenvalue weighted by molar-refractivity contribution is 7.45. The van der Waals surface area contributed by atoms with E-state index in [0.29, 0.717) is 17.4 Å². The minimum atomic E-state index is -4.65. The smallest absolute Gasteiger partial charge is 0.306 e. The highest BCUT2D eigenvalue weighted by atomic mass is 31.2. The summed E-state index contributed by atoms with van der Waals surface area (Å²) in [6.07, 6.45) is 84.3. The van der Waals surface area contributed by atoms with Crippen molar-refractivity contribution in [2.75, 3.05) is 47.5 Å². The summed E-state index contributed by atoms with van der Waals surface area (Å²) in [5.41, 5.74) is 0. The van der Waals surface area contributed by atoms with Crippen LogP contribution in [0.3, 0.4) is 0 Å². The van der Waals surface area contributed by atoms with Gasteiger partial charge in [-0.1, -0.05) is 264 Å². The molecule has 0 rings (SSSR count). The van der Waals surface area contributed by atoms with E-state index < -0.39 is 26.5 Å². The van der Waals surface area contributed by atoms with Crippen LogP contribution in [0.2, 0.25) is 0 Å². The van der Waals surface area contributed by atoms with Crippen LogP contribution in [0.5, 0.6) is 0 Å². The van der Waals surface area contributed by atoms with Gasteiger partial charge >= 0.3 is 11.9 Å². The van der Waals surface area contributed by atoms with Crippen LogP contribution >= 0.6 is 7.82 Å². The van der Waals surface area contributed by atoms with Crippen molar-refractivity contribution < 1.29 is 42.1 Å². The van der Waals surface area contributed by atoms with Crippen molar-refractivity contribution in [2.45, 2.75) is 277 Å². The lowest BCUT2D eigenvalue weighted by molar-refractivity contribution is -0.870. The Labute approximate surface area is 493 Å². The molecule has 0 spiro atoms. The summed E-state index contributed by atoms with van der Waals surface area (Å²) in [5.74, 6) is -0.838. The molecule has 0 saturated carbocycles. The number of hydrogen-bond acceptors (Lipinski definition) is 8. The number of carbonyl (C=O) groups excluding carboxylic acids is 2. The van der Waals surface area contributed by atoms with Crippen molar-refractivity contribution >= 4 is 19.8 Å². The Morgan fingerprint density at radius 2 is 0.713 bits per heavy atom. The Morgan fingerprint density at radius 3 is 1.06 bits per heavy atom. The first kappa shape index (κ1) is 76.7. The largest absolute Gasteiger partial charge is 0.756 e. The molecule has 0 amide bonds. The fourth-order valence-electron chi connectivity index (χ4n) is 8.79. The molecule has 0 fully saturated rings. The van der Waals surface area contributed by atoms with E-state index in [0.717, 1.165) is 96.3 Å². The monoisotopic (exact) mass is 1140 g/mol. The third-order valence-electron chi connectivity index (χ3n) is 13.8. The van der Waals surface area contributed by atoms with Gasteiger partial charge in [0.25, 0.3) is 7.82 Å². The molecule has 0 bridgehead atoms. The summed E-state index contributed by atoms with van der Waals surface area (Å²) in [7, 11) is 1.16. The second kappa shape index (κ2) is 60.3. The number of rotatable bonds is 59. The molecule has 2 unspecified atom stereocenters. The second-order valence-electron chi connectivity index (χ2n) is 22.7. The Balaban J connectivity index is 4.12. The molecule has 10 heteroatoms. The molecule has 80 heavy (non-hydrogen) atoms. The quantitative estimate of drug-likeness (QED) is 0.0195. The molecule has 0 aliphatic carbocycles. The van der Waals surface area contributed by atoms with Crippen LogP contribution in [0.4, 0.5) is 0 Å². The van der Waals surface area contributed by atoms with Gasteiger partial charge in [0.1, 0.15) is 19.8 Å². The highest BCUT2D eigenvalue weighted by Gasteiger charge is 2.22. The molecule has 2 atom stereocenters. The Kier molecular flexibility index (Phi) is 57.8. The molecular formula is C70H122NO8P. The van der Waals surface area contributed by atoms with Gasteiger partial charge in [-0.05, 0) is 103 Å². The maximum absolute atomic E-state index is 12.8. The minimum Gasteiger partial charge on any atom is -0.756 e. The molecule has 0 aliphatic rings. The average molecular weight is 1140 g/mol. The normalized spacial score (nSPS) is 13.9. The van der Waals surface area contributed by atoms with Gasteiger partial charge in [-0.3, -0.25) is 14.2 Å². The number of hydrogen-bond donors (Lipinski definition) is 0. The van der Waals surface area contributed by atoms with E-state index in [4.69, 9.17) is 18.5 Å². The summed E-state index contributed by atoms with van der Waals surface area (Å²) in [4.78, 5) is 38.0. The summed E-state index contributed by atoms with van der Waals surface area (Å²) in [6, 6.07) is 0. The number of esters is 2. The van der Waals surface area contributed by atoms with Gasteiger partial charge < -0.3 is 27.9 Å². The first-order valence-electron chi connectivity index (χ1n) is 32.6. The van der Waals surface area contributed by atoms with Crippen molar-refractivity contribution in [1.29, 1.82) is 0 Å². The molecule has 0 aliphatic heterocycles. The fraction of sp³-hybridized carbons (Fsp3) is 0.714. The highest BCUT2D eigenvalue weighted by Crippen LogP contribution is 2.38. The average Bonchev–Trinajstić information content (AvgIpc) is 3.42. The molecule has 0 aromatic heterocycles. The van der Waals surface area contributed by atoms with Crippen LogP contribution in [-0.4, -0.2) is 70.0 Å². The first-order chi connectivity index (χ1) is 39.0. The van der Waals surface area contributed by atoms with Gasteiger partial charge in [0.05, 0.1) is 27.7 Å². The number of phosphoric acid groups is 1. The molecule has 0 heterocycles. The van der Waals surface area contributed by atoms with Crippen LogP contribution in [0.1, 0.15) is 271 Å². The van der Waals surface area contributed by atoms with Crippen molar-refractivity contribution in [3.63, 3.8) is 0 Å². The van der Waals surface area contributed by atoms with E-state index in [-0.39, 0.29) is 32.0 Å². The maximum Gasteiger partial charge on any atom is 0.306 e. The van der Waals surface area contributed by atoms with Crippen molar-refractivity contribution in [3.8, 4) is 0 Å². The van der Waals surface area contributed by atoms with Gasteiger partial charge in [-0.25, -0.2) is 0 Å². The molecule has 0 aromatic carbocycles. The SMILES string of the molecule is CC/C=C\C/C=C\C/C=C\C/C=C\C/C=C\C/C=C\C/C=C\CCCCCCCCCCCCCC(=O)OC(COC(=O)CCCCCCCCCCCCC/C=C\C/C=C\CCCCCCC)COP(=O)([O-])OCC[N+](C)(C)C. The predicted molar refractivity (Wildman–Crippen MR) is 342 cm³/mol. The van der Waals surface area contributed by atoms with E-state index in [1.54, 1.807) is 0 Å². The Hall–Kier alpha value is -3.33. The lowest BCUT2D eigenvalue weighted by atomic mass is 10.0. The van der Waals surface area contributed by atoms with Crippen molar-refractivity contribution in [2.24, 2.45) is 0 Å². The molecule has 0 radical (unpaired) electrons. The summed E-state index contributed by atoms with van der Waals surface area (Å²) in [6.45, 7) is 4.12.